The van der Waals surface area contributed by atoms with E-state index in [0.29, 0.717) is 0 Å². The van der Waals surface area contributed by atoms with Gasteiger partial charge in [0, 0.05) is 5.92 Å². The molecule has 1 aliphatic carbocycles. The van der Waals surface area contributed by atoms with E-state index in [4.69, 9.17) is 5.11 Å². The van der Waals surface area contributed by atoms with E-state index in [2.05, 4.69) is 0 Å². The number of rotatable bonds is 1. The molecule has 1 nitrogen and oxygen atoms in total. The van der Waals surface area contributed by atoms with Crippen LogP contribution in [0, 0.1) is 5.92 Å². The molecule has 44 valence electrons. The van der Waals surface area contributed by atoms with Crippen LogP contribution in [0.25, 0.3) is 0 Å². The summed E-state index contributed by atoms with van der Waals surface area (Å²) in [6.07, 6.45) is 7.66. The van der Waals surface area contributed by atoms with E-state index in [1.54, 1.807) is 6.92 Å². The summed E-state index contributed by atoms with van der Waals surface area (Å²) >= 11 is 0. The summed E-state index contributed by atoms with van der Waals surface area (Å²) in [4.78, 5) is 0. The molecule has 1 heteroatoms. The van der Waals surface area contributed by atoms with E-state index in [-0.39, 0.29) is 12.0 Å². The highest BCUT2D eigenvalue weighted by molar-refractivity contribution is 5.18. The van der Waals surface area contributed by atoms with Gasteiger partial charge in [0.1, 0.15) is 0 Å². The predicted octanol–water partition coefficient (Wildman–Crippen LogP) is 1.11. The Morgan fingerprint density at radius 3 is 2.12 bits per heavy atom. The molecule has 0 aliphatic heterocycles. The Kier molecular flexibility index (Phi) is 1.49. The van der Waals surface area contributed by atoms with Crippen LogP contribution >= 0.6 is 0 Å². The fourth-order valence-corrected chi connectivity index (χ4v) is 0.771. The minimum Gasteiger partial charge on any atom is -0.392 e. The van der Waals surface area contributed by atoms with Crippen LogP contribution in [-0.4, -0.2) is 11.2 Å². The summed E-state index contributed by atoms with van der Waals surface area (Å²) in [6.45, 7) is 1.80. The van der Waals surface area contributed by atoms with Crippen LogP contribution in [0.15, 0.2) is 24.3 Å². The fourth-order valence-electron chi connectivity index (χ4n) is 0.771. The molecule has 1 atom stereocenters. The van der Waals surface area contributed by atoms with Gasteiger partial charge in [-0.3, -0.25) is 0 Å². The normalized spacial score (nSPS) is 22.2. The average Bonchev–Trinajstić information content (AvgIpc) is 2.12. The van der Waals surface area contributed by atoms with Gasteiger partial charge in [0.2, 0.25) is 0 Å². The minimum absolute atomic E-state index is 0.231. The van der Waals surface area contributed by atoms with Crippen LogP contribution in [0.3, 0.4) is 0 Å². The lowest BCUT2D eigenvalue weighted by molar-refractivity contribution is 0.169. The Morgan fingerprint density at radius 1 is 1.38 bits per heavy atom. The van der Waals surface area contributed by atoms with Crippen LogP contribution in [0.4, 0.5) is 0 Å². The van der Waals surface area contributed by atoms with Gasteiger partial charge in [-0.2, -0.15) is 0 Å². The molecule has 1 N–H and O–H groups in total. The van der Waals surface area contributed by atoms with Crippen LogP contribution in [-0.2, 0) is 0 Å². The first-order valence-corrected chi connectivity index (χ1v) is 2.84. The van der Waals surface area contributed by atoms with E-state index in [1.165, 1.54) is 0 Å². The second kappa shape index (κ2) is 2.14. The Hall–Kier alpha value is -0.560. The molecule has 0 amide bonds. The van der Waals surface area contributed by atoms with Crippen molar-refractivity contribution in [1.29, 1.82) is 0 Å². The summed E-state index contributed by atoms with van der Waals surface area (Å²) in [5.74, 6) is 0.259. The number of hydrogen-bond acceptors (Lipinski definition) is 1. The van der Waals surface area contributed by atoms with Crippen molar-refractivity contribution >= 4 is 0 Å². The Balaban J connectivity index is 2.49. The van der Waals surface area contributed by atoms with Gasteiger partial charge in [0.25, 0.3) is 0 Å². The molecule has 0 heterocycles. The summed E-state index contributed by atoms with van der Waals surface area (Å²) in [6, 6.07) is 0. The molecule has 0 fully saturated rings. The molecule has 1 rings (SSSR count). The van der Waals surface area contributed by atoms with Crippen LogP contribution < -0.4 is 0 Å². The molecule has 0 radical (unpaired) electrons. The number of aliphatic hydroxyl groups is 1. The van der Waals surface area contributed by atoms with Gasteiger partial charge >= 0.3 is 0 Å². The van der Waals surface area contributed by atoms with E-state index in [1.807, 2.05) is 24.3 Å². The number of allylic oxidation sites excluding steroid dienone is 2. The van der Waals surface area contributed by atoms with E-state index in [9.17, 15) is 0 Å². The van der Waals surface area contributed by atoms with Crippen molar-refractivity contribution in [2.75, 3.05) is 0 Å². The maximum absolute atomic E-state index is 8.95. The lowest BCUT2D eigenvalue weighted by Crippen LogP contribution is -2.09. The van der Waals surface area contributed by atoms with Crippen molar-refractivity contribution in [3.63, 3.8) is 0 Å². The molecule has 0 unspecified atom stereocenters. The maximum atomic E-state index is 8.95. The predicted molar refractivity (Wildman–Crippen MR) is 33.5 cm³/mol. The lowest BCUT2D eigenvalue weighted by Gasteiger charge is -2.06. The SMILES string of the molecule is C[C@@H](O)C1C=CC=C1. The Bertz CT molecular complexity index is 110. The summed E-state index contributed by atoms with van der Waals surface area (Å²) in [5, 5.41) is 8.95. The molecule has 0 saturated heterocycles. The summed E-state index contributed by atoms with van der Waals surface area (Å²) in [5.41, 5.74) is 0. The smallest absolute Gasteiger partial charge is 0.0609 e. The zero-order chi connectivity index (χ0) is 5.98. The molecule has 0 aromatic heterocycles. The minimum atomic E-state index is -0.231. The largest absolute Gasteiger partial charge is 0.392 e. The summed E-state index contributed by atoms with van der Waals surface area (Å²) in [7, 11) is 0. The van der Waals surface area contributed by atoms with Gasteiger partial charge in [-0.1, -0.05) is 24.3 Å². The molecule has 8 heavy (non-hydrogen) atoms. The van der Waals surface area contributed by atoms with Gasteiger partial charge in [-0.25, -0.2) is 0 Å². The van der Waals surface area contributed by atoms with Gasteiger partial charge < -0.3 is 5.11 Å². The monoisotopic (exact) mass is 110 g/mol. The second-order valence-corrected chi connectivity index (χ2v) is 2.09. The topological polar surface area (TPSA) is 20.2 Å². The zero-order valence-electron chi connectivity index (χ0n) is 4.91. The first kappa shape index (κ1) is 5.57. The molecular weight excluding hydrogens is 100 g/mol. The van der Waals surface area contributed by atoms with Crippen molar-refractivity contribution in [2.24, 2.45) is 5.92 Å². The third-order valence-electron chi connectivity index (χ3n) is 1.33. The molecule has 0 saturated carbocycles. The first-order valence-electron chi connectivity index (χ1n) is 2.84. The van der Waals surface area contributed by atoms with E-state index in [0.717, 1.165) is 0 Å². The van der Waals surface area contributed by atoms with Gasteiger partial charge in [-0.15, -0.1) is 0 Å². The van der Waals surface area contributed by atoms with E-state index < -0.39 is 0 Å². The highest BCUT2D eigenvalue weighted by Crippen LogP contribution is 2.12. The maximum Gasteiger partial charge on any atom is 0.0609 e. The Labute approximate surface area is 49.3 Å². The third kappa shape index (κ3) is 0.984. The first-order chi connectivity index (χ1) is 3.80. The average molecular weight is 110 g/mol. The van der Waals surface area contributed by atoms with Crippen molar-refractivity contribution in [2.45, 2.75) is 13.0 Å². The number of aliphatic hydroxyl groups excluding tert-OH is 1. The fraction of sp³-hybridized carbons (Fsp3) is 0.429. The van der Waals surface area contributed by atoms with Crippen LogP contribution in [0.2, 0.25) is 0 Å². The van der Waals surface area contributed by atoms with Gasteiger partial charge in [-0.05, 0) is 6.92 Å². The molecule has 0 aromatic rings. The van der Waals surface area contributed by atoms with Gasteiger partial charge in [0.05, 0.1) is 6.10 Å². The molecule has 0 bridgehead atoms. The highest BCUT2D eigenvalue weighted by Gasteiger charge is 2.08. The third-order valence-corrected chi connectivity index (χ3v) is 1.33. The summed E-state index contributed by atoms with van der Waals surface area (Å²) < 4.78 is 0. The number of hydrogen-bond donors (Lipinski definition) is 1. The van der Waals surface area contributed by atoms with Crippen LogP contribution in [0.5, 0.6) is 0 Å². The van der Waals surface area contributed by atoms with E-state index >= 15 is 0 Å². The lowest BCUT2D eigenvalue weighted by atomic mass is 10.1. The zero-order valence-corrected chi connectivity index (χ0v) is 4.91. The molecular formula is C7H10O. The van der Waals surface area contributed by atoms with Crippen molar-refractivity contribution < 1.29 is 5.11 Å². The van der Waals surface area contributed by atoms with Gasteiger partial charge in [0.15, 0.2) is 0 Å². The molecule has 0 aromatic carbocycles. The standard InChI is InChI=1S/C7H10O/c1-6(8)7-4-2-3-5-7/h2-8H,1H3/t6-/m1/s1. The second-order valence-electron chi connectivity index (χ2n) is 2.09. The highest BCUT2D eigenvalue weighted by atomic mass is 16.3. The Morgan fingerprint density at radius 2 is 1.88 bits per heavy atom. The van der Waals surface area contributed by atoms with Crippen molar-refractivity contribution in [3.05, 3.63) is 24.3 Å². The quantitative estimate of drug-likeness (QED) is 0.536. The molecule has 0 spiro atoms. The molecule has 1 aliphatic rings. The van der Waals surface area contributed by atoms with Crippen LogP contribution in [0.1, 0.15) is 6.92 Å². The van der Waals surface area contributed by atoms with Crippen molar-refractivity contribution in [3.8, 4) is 0 Å². The van der Waals surface area contributed by atoms with Crippen molar-refractivity contribution in [1.82, 2.24) is 0 Å².